The Morgan fingerprint density at radius 1 is 1.67 bits per heavy atom. The minimum Gasteiger partial charge on any atom is -0.461 e. The number of carbonyl (C=O) groups excluding carboxylic acids is 1. The number of H-pyrrole nitrogens is 1. The number of nitrogens with one attached hydrogen (secondary N) is 1. The van der Waals surface area contributed by atoms with E-state index in [0.29, 0.717) is 12.3 Å². The highest BCUT2D eigenvalue weighted by Crippen LogP contribution is 1.93. The Hall–Kier alpha value is -1.32. The zero-order valence-electron chi connectivity index (χ0n) is 7.63. The van der Waals surface area contributed by atoms with Crippen LogP contribution in [-0.4, -0.2) is 22.5 Å². The van der Waals surface area contributed by atoms with E-state index in [1.54, 1.807) is 6.92 Å². The summed E-state index contributed by atoms with van der Waals surface area (Å²) in [5.41, 5.74) is 0.391. The highest BCUT2D eigenvalue weighted by molar-refractivity contribution is 5.86. The molecule has 4 nitrogen and oxygen atoms in total. The Kier molecular flexibility index (Phi) is 5.69. The van der Waals surface area contributed by atoms with Crippen molar-refractivity contribution in [3.05, 3.63) is 18.2 Å². The Morgan fingerprint density at radius 3 is 2.75 bits per heavy atom. The molecule has 0 radical (unpaired) electrons. The van der Waals surface area contributed by atoms with E-state index < -0.39 is 0 Å². The molecule has 1 aromatic rings. The minimum atomic E-state index is -0.361. The van der Waals surface area contributed by atoms with Crippen molar-refractivity contribution in [3.8, 4) is 0 Å². The highest BCUT2D eigenvalue weighted by atomic mass is 16.5. The SMILES string of the molecule is CC.CCOC(=O)c1cnc[nH]1. The molecular weight excluding hydrogens is 156 g/mol. The van der Waals surface area contributed by atoms with Crippen molar-refractivity contribution in [2.24, 2.45) is 0 Å². The number of aromatic nitrogens is 2. The molecular formula is C8H14N2O2. The Bertz CT molecular complexity index is 207. The summed E-state index contributed by atoms with van der Waals surface area (Å²) in [7, 11) is 0. The van der Waals surface area contributed by atoms with Gasteiger partial charge in [-0.3, -0.25) is 0 Å². The number of ether oxygens (including phenoxy) is 1. The van der Waals surface area contributed by atoms with Gasteiger partial charge in [-0.1, -0.05) is 13.8 Å². The topological polar surface area (TPSA) is 55.0 Å². The molecule has 1 N–H and O–H groups in total. The number of hydrogen-bond donors (Lipinski definition) is 1. The maximum Gasteiger partial charge on any atom is 0.356 e. The molecule has 68 valence electrons. The first kappa shape index (κ1) is 10.7. The van der Waals surface area contributed by atoms with Crippen LogP contribution in [0.1, 0.15) is 31.3 Å². The second kappa shape index (κ2) is 6.39. The minimum absolute atomic E-state index is 0.361. The molecule has 0 fully saturated rings. The van der Waals surface area contributed by atoms with Gasteiger partial charge in [0.2, 0.25) is 0 Å². The fraction of sp³-hybridized carbons (Fsp3) is 0.500. The lowest BCUT2D eigenvalue weighted by atomic mass is 10.5. The molecule has 1 heterocycles. The molecule has 0 aliphatic rings. The summed E-state index contributed by atoms with van der Waals surface area (Å²) < 4.78 is 4.68. The molecule has 0 spiro atoms. The van der Waals surface area contributed by atoms with Crippen LogP contribution >= 0.6 is 0 Å². The Labute approximate surface area is 72.0 Å². The summed E-state index contributed by atoms with van der Waals surface area (Å²) in [6.45, 7) is 6.14. The molecule has 0 saturated carbocycles. The first-order chi connectivity index (χ1) is 5.84. The van der Waals surface area contributed by atoms with Gasteiger partial charge < -0.3 is 9.72 Å². The number of imidazole rings is 1. The standard InChI is InChI=1S/C6H8N2O2.C2H6/c1-2-10-6(9)5-3-7-4-8-5;1-2/h3-4H,2H2,1H3,(H,7,8);1-2H3. The first-order valence-electron chi connectivity index (χ1n) is 4.00. The van der Waals surface area contributed by atoms with Crippen LogP contribution in [0.5, 0.6) is 0 Å². The van der Waals surface area contributed by atoms with Gasteiger partial charge in [0.15, 0.2) is 0 Å². The van der Waals surface area contributed by atoms with E-state index in [4.69, 9.17) is 0 Å². The van der Waals surface area contributed by atoms with Crippen LogP contribution in [0.15, 0.2) is 12.5 Å². The lowest BCUT2D eigenvalue weighted by Crippen LogP contribution is -2.04. The molecule has 0 aliphatic carbocycles. The average Bonchev–Trinajstić information content (AvgIpc) is 2.60. The van der Waals surface area contributed by atoms with Crippen LogP contribution in [-0.2, 0) is 4.74 Å². The van der Waals surface area contributed by atoms with Gasteiger partial charge in [-0.25, -0.2) is 9.78 Å². The lowest BCUT2D eigenvalue weighted by molar-refractivity contribution is 0.0520. The normalized spacial score (nSPS) is 8.25. The number of carbonyl (C=O) groups is 1. The fourth-order valence-electron chi connectivity index (χ4n) is 0.576. The molecule has 0 saturated heterocycles. The zero-order valence-corrected chi connectivity index (χ0v) is 7.63. The second-order valence-electron chi connectivity index (χ2n) is 1.69. The van der Waals surface area contributed by atoms with Crippen molar-refractivity contribution in [2.45, 2.75) is 20.8 Å². The number of esters is 1. The monoisotopic (exact) mass is 170 g/mol. The van der Waals surface area contributed by atoms with E-state index in [9.17, 15) is 4.79 Å². The summed E-state index contributed by atoms with van der Waals surface area (Å²) >= 11 is 0. The largest absolute Gasteiger partial charge is 0.461 e. The van der Waals surface area contributed by atoms with Crippen LogP contribution in [0.25, 0.3) is 0 Å². The van der Waals surface area contributed by atoms with Gasteiger partial charge in [0.05, 0.1) is 19.1 Å². The molecule has 1 rings (SSSR count). The summed E-state index contributed by atoms with van der Waals surface area (Å²) in [6, 6.07) is 0. The van der Waals surface area contributed by atoms with Crippen molar-refractivity contribution in [1.82, 2.24) is 9.97 Å². The van der Waals surface area contributed by atoms with Crippen LogP contribution in [0, 0.1) is 0 Å². The van der Waals surface area contributed by atoms with Crippen LogP contribution in [0.4, 0.5) is 0 Å². The number of hydrogen-bond acceptors (Lipinski definition) is 3. The van der Waals surface area contributed by atoms with Crippen LogP contribution < -0.4 is 0 Å². The molecule has 0 amide bonds. The van der Waals surface area contributed by atoms with Crippen molar-refractivity contribution in [1.29, 1.82) is 0 Å². The van der Waals surface area contributed by atoms with Crippen molar-refractivity contribution in [3.63, 3.8) is 0 Å². The molecule has 0 aliphatic heterocycles. The third kappa shape index (κ3) is 3.18. The number of nitrogens with zero attached hydrogens (tertiary/aromatic N) is 1. The molecule has 4 heteroatoms. The summed E-state index contributed by atoms with van der Waals surface area (Å²) in [6.07, 6.45) is 2.87. The van der Waals surface area contributed by atoms with Crippen molar-refractivity contribution < 1.29 is 9.53 Å². The van der Waals surface area contributed by atoms with Gasteiger partial charge in [0.25, 0.3) is 0 Å². The molecule has 0 unspecified atom stereocenters. The van der Waals surface area contributed by atoms with Gasteiger partial charge in [-0.15, -0.1) is 0 Å². The third-order valence-electron chi connectivity index (χ3n) is 0.994. The quantitative estimate of drug-likeness (QED) is 0.686. The predicted molar refractivity (Wildman–Crippen MR) is 45.9 cm³/mol. The van der Waals surface area contributed by atoms with Gasteiger partial charge in [-0.2, -0.15) is 0 Å². The maximum atomic E-state index is 10.8. The number of rotatable bonds is 2. The third-order valence-corrected chi connectivity index (χ3v) is 0.994. The summed E-state index contributed by atoms with van der Waals surface area (Å²) in [5.74, 6) is -0.361. The van der Waals surface area contributed by atoms with Crippen LogP contribution in [0.3, 0.4) is 0 Å². The van der Waals surface area contributed by atoms with E-state index in [0.717, 1.165) is 0 Å². The highest BCUT2D eigenvalue weighted by Gasteiger charge is 2.05. The van der Waals surface area contributed by atoms with E-state index in [1.165, 1.54) is 12.5 Å². The first-order valence-corrected chi connectivity index (χ1v) is 4.00. The maximum absolute atomic E-state index is 10.8. The summed E-state index contributed by atoms with van der Waals surface area (Å²) in [5, 5.41) is 0. The van der Waals surface area contributed by atoms with E-state index >= 15 is 0 Å². The summed E-state index contributed by atoms with van der Waals surface area (Å²) in [4.78, 5) is 17.1. The Morgan fingerprint density at radius 2 is 2.33 bits per heavy atom. The fourth-order valence-corrected chi connectivity index (χ4v) is 0.576. The molecule has 12 heavy (non-hydrogen) atoms. The molecule has 0 bridgehead atoms. The zero-order chi connectivity index (χ0) is 9.40. The molecule has 0 aromatic carbocycles. The smallest absolute Gasteiger partial charge is 0.356 e. The van der Waals surface area contributed by atoms with E-state index in [1.807, 2.05) is 13.8 Å². The molecule has 0 atom stereocenters. The molecule has 1 aromatic heterocycles. The van der Waals surface area contributed by atoms with Gasteiger partial charge in [0, 0.05) is 0 Å². The second-order valence-corrected chi connectivity index (χ2v) is 1.69. The Balaban J connectivity index is 0.000000561. The predicted octanol–water partition coefficient (Wildman–Crippen LogP) is 1.61. The van der Waals surface area contributed by atoms with Crippen molar-refractivity contribution >= 4 is 5.97 Å². The van der Waals surface area contributed by atoms with E-state index in [2.05, 4.69) is 14.7 Å². The van der Waals surface area contributed by atoms with Gasteiger partial charge >= 0.3 is 5.97 Å². The average molecular weight is 170 g/mol. The lowest BCUT2D eigenvalue weighted by Gasteiger charge is -1.95. The van der Waals surface area contributed by atoms with Crippen molar-refractivity contribution in [2.75, 3.05) is 6.61 Å². The van der Waals surface area contributed by atoms with Gasteiger partial charge in [-0.05, 0) is 6.92 Å². The van der Waals surface area contributed by atoms with Gasteiger partial charge in [0.1, 0.15) is 5.69 Å². The number of aromatic amines is 1. The van der Waals surface area contributed by atoms with E-state index in [-0.39, 0.29) is 5.97 Å². The van der Waals surface area contributed by atoms with Crippen LogP contribution in [0.2, 0.25) is 0 Å².